The number of ether oxygens (including phenoxy) is 2. The average Bonchev–Trinajstić information content (AvgIpc) is 2.96. The molecule has 30 heavy (non-hydrogen) atoms. The molecule has 1 atom stereocenters. The molecule has 1 aromatic rings. The first kappa shape index (κ1) is 21.9. The summed E-state index contributed by atoms with van der Waals surface area (Å²) in [5, 5.41) is 2.85. The second-order valence-electron chi connectivity index (χ2n) is 7.83. The fraction of sp³-hybridized carbons (Fsp3) is 0.591. The first-order valence-electron chi connectivity index (χ1n) is 10.7. The number of carbonyl (C=O) groups excluding carboxylic acids is 3. The van der Waals surface area contributed by atoms with Gasteiger partial charge in [-0.1, -0.05) is 38.8 Å². The van der Waals surface area contributed by atoms with Gasteiger partial charge in [0.25, 0.3) is 5.91 Å². The van der Waals surface area contributed by atoms with Crippen LogP contribution < -0.4 is 14.8 Å². The molecule has 1 aromatic carbocycles. The standard InChI is InChI=1S/C22H31N3O5/c1-4-11-22(12-5-2)20(27)25(21(28)23-22)14-19(26)24(6-3)13-16-15-29-17-9-7-8-10-18(17)30-16/h7-10,16H,4-6,11-15H2,1-3H3,(H,23,28). The first-order valence-corrected chi connectivity index (χ1v) is 10.7. The van der Waals surface area contributed by atoms with E-state index in [1.54, 1.807) is 4.90 Å². The molecule has 2 heterocycles. The van der Waals surface area contributed by atoms with Gasteiger partial charge in [0.1, 0.15) is 18.7 Å². The third kappa shape index (κ3) is 4.37. The van der Waals surface area contributed by atoms with Crippen LogP contribution in [0.15, 0.2) is 24.3 Å². The van der Waals surface area contributed by atoms with Crippen LogP contribution in [0.25, 0.3) is 0 Å². The second kappa shape index (κ2) is 9.36. The minimum absolute atomic E-state index is 0.266. The van der Waals surface area contributed by atoms with Crippen LogP contribution >= 0.6 is 0 Å². The highest BCUT2D eigenvalue weighted by Crippen LogP contribution is 2.31. The molecule has 2 aliphatic rings. The topological polar surface area (TPSA) is 88.2 Å². The average molecular weight is 418 g/mol. The predicted molar refractivity (Wildman–Crippen MR) is 111 cm³/mol. The Bertz CT molecular complexity index is 791. The molecule has 8 heteroatoms. The third-order valence-electron chi connectivity index (χ3n) is 5.62. The lowest BCUT2D eigenvalue weighted by molar-refractivity contribution is -0.140. The lowest BCUT2D eigenvalue weighted by Crippen LogP contribution is -2.49. The highest BCUT2D eigenvalue weighted by atomic mass is 16.6. The number of carbonyl (C=O) groups is 3. The molecular formula is C22H31N3O5. The molecule has 0 bridgehead atoms. The van der Waals surface area contributed by atoms with Crippen molar-refractivity contribution < 1.29 is 23.9 Å². The first-order chi connectivity index (χ1) is 14.4. The molecule has 3 rings (SSSR count). The number of hydrogen-bond acceptors (Lipinski definition) is 5. The van der Waals surface area contributed by atoms with Gasteiger partial charge >= 0.3 is 6.03 Å². The fourth-order valence-corrected chi connectivity index (χ4v) is 4.18. The van der Waals surface area contributed by atoms with E-state index in [-0.39, 0.29) is 24.5 Å². The number of hydrogen-bond donors (Lipinski definition) is 1. The van der Waals surface area contributed by atoms with Gasteiger partial charge in [-0.2, -0.15) is 0 Å². The van der Waals surface area contributed by atoms with Crippen LogP contribution in [0.1, 0.15) is 46.5 Å². The lowest BCUT2D eigenvalue weighted by atomic mass is 9.88. The van der Waals surface area contributed by atoms with E-state index < -0.39 is 11.6 Å². The van der Waals surface area contributed by atoms with Crippen molar-refractivity contribution in [3.8, 4) is 11.5 Å². The van der Waals surface area contributed by atoms with Gasteiger partial charge in [-0.25, -0.2) is 4.79 Å². The zero-order chi connectivity index (χ0) is 21.7. The van der Waals surface area contributed by atoms with E-state index in [9.17, 15) is 14.4 Å². The van der Waals surface area contributed by atoms with Crippen molar-refractivity contribution in [2.24, 2.45) is 0 Å². The van der Waals surface area contributed by atoms with Gasteiger partial charge in [0, 0.05) is 6.54 Å². The molecule has 0 aliphatic carbocycles. The van der Waals surface area contributed by atoms with Crippen molar-refractivity contribution in [2.75, 3.05) is 26.2 Å². The largest absolute Gasteiger partial charge is 0.486 e. The fourth-order valence-electron chi connectivity index (χ4n) is 4.18. The van der Waals surface area contributed by atoms with Gasteiger partial charge < -0.3 is 19.7 Å². The molecule has 1 saturated heterocycles. The van der Waals surface area contributed by atoms with Crippen LogP contribution in [0, 0.1) is 0 Å². The van der Waals surface area contributed by atoms with Crippen molar-refractivity contribution in [1.82, 2.24) is 15.1 Å². The van der Waals surface area contributed by atoms with Crippen LogP contribution in [0.5, 0.6) is 11.5 Å². The molecule has 2 aliphatic heterocycles. The van der Waals surface area contributed by atoms with Crippen molar-refractivity contribution >= 4 is 17.8 Å². The lowest BCUT2D eigenvalue weighted by Gasteiger charge is -2.31. The maximum Gasteiger partial charge on any atom is 0.325 e. The summed E-state index contributed by atoms with van der Waals surface area (Å²) in [5.41, 5.74) is -0.887. The van der Waals surface area contributed by atoms with E-state index in [2.05, 4.69) is 5.32 Å². The number of imide groups is 1. The van der Waals surface area contributed by atoms with E-state index >= 15 is 0 Å². The highest BCUT2D eigenvalue weighted by Gasteiger charge is 2.50. The predicted octanol–water partition coefficient (Wildman–Crippen LogP) is 2.57. The van der Waals surface area contributed by atoms with E-state index in [0.29, 0.717) is 44.0 Å². The van der Waals surface area contributed by atoms with Gasteiger partial charge in [0.15, 0.2) is 17.6 Å². The van der Waals surface area contributed by atoms with Gasteiger partial charge in [0.05, 0.1) is 6.54 Å². The van der Waals surface area contributed by atoms with Crippen LogP contribution in [0.2, 0.25) is 0 Å². The summed E-state index contributed by atoms with van der Waals surface area (Å²) in [6.45, 7) is 6.65. The summed E-state index contributed by atoms with van der Waals surface area (Å²) in [6.07, 6.45) is 2.37. The number of nitrogens with zero attached hydrogens (tertiary/aromatic N) is 2. The number of rotatable bonds is 9. The van der Waals surface area contributed by atoms with E-state index in [1.807, 2.05) is 45.0 Å². The summed E-state index contributed by atoms with van der Waals surface area (Å²) >= 11 is 0. The quantitative estimate of drug-likeness (QED) is 0.624. The Hall–Kier alpha value is -2.77. The maximum atomic E-state index is 13.0. The number of para-hydroxylation sites is 2. The Morgan fingerprint density at radius 3 is 2.47 bits per heavy atom. The molecule has 0 radical (unpaired) electrons. The zero-order valence-corrected chi connectivity index (χ0v) is 18.0. The monoisotopic (exact) mass is 417 g/mol. The molecule has 8 nitrogen and oxygen atoms in total. The Labute approximate surface area is 177 Å². The Balaban J connectivity index is 1.64. The normalized spacial score (nSPS) is 19.6. The Morgan fingerprint density at radius 2 is 1.83 bits per heavy atom. The molecule has 1 unspecified atom stereocenters. The maximum absolute atomic E-state index is 13.0. The van der Waals surface area contributed by atoms with Crippen LogP contribution in [-0.4, -0.2) is 65.5 Å². The molecule has 164 valence electrons. The van der Waals surface area contributed by atoms with Crippen LogP contribution in [-0.2, 0) is 9.59 Å². The SMILES string of the molecule is CCCC1(CCC)NC(=O)N(CC(=O)N(CC)CC2COc3ccccc3O2)C1=O. The van der Waals surface area contributed by atoms with Gasteiger partial charge in [-0.15, -0.1) is 0 Å². The zero-order valence-electron chi connectivity index (χ0n) is 18.0. The summed E-state index contributed by atoms with van der Waals surface area (Å²) in [5.74, 6) is 0.750. The number of amides is 4. The number of nitrogens with one attached hydrogen (secondary N) is 1. The van der Waals surface area contributed by atoms with Gasteiger partial charge in [0.2, 0.25) is 5.91 Å². The van der Waals surface area contributed by atoms with Gasteiger partial charge in [-0.3, -0.25) is 14.5 Å². The molecule has 1 fully saturated rings. The van der Waals surface area contributed by atoms with E-state index in [4.69, 9.17) is 9.47 Å². The number of benzene rings is 1. The minimum Gasteiger partial charge on any atom is -0.486 e. The Morgan fingerprint density at radius 1 is 1.17 bits per heavy atom. The minimum atomic E-state index is -0.887. The van der Waals surface area contributed by atoms with E-state index in [1.165, 1.54) is 0 Å². The summed E-state index contributed by atoms with van der Waals surface area (Å²) in [6, 6.07) is 6.92. The smallest absolute Gasteiger partial charge is 0.325 e. The summed E-state index contributed by atoms with van der Waals surface area (Å²) in [4.78, 5) is 41.1. The highest BCUT2D eigenvalue weighted by molar-refractivity contribution is 6.09. The number of fused-ring (bicyclic) bond motifs is 1. The molecule has 0 aromatic heterocycles. The number of urea groups is 1. The van der Waals surface area contributed by atoms with Crippen molar-refractivity contribution in [3.63, 3.8) is 0 Å². The third-order valence-corrected chi connectivity index (χ3v) is 5.62. The summed E-state index contributed by atoms with van der Waals surface area (Å²) in [7, 11) is 0. The molecular weight excluding hydrogens is 386 g/mol. The van der Waals surface area contributed by atoms with Crippen LogP contribution in [0.4, 0.5) is 4.79 Å². The van der Waals surface area contributed by atoms with E-state index in [0.717, 1.165) is 17.7 Å². The van der Waals surface area contributed by atoms with Crippen LogP contribution in [0.3, 0.4) is 0 Å². The van der Waals surface area contributed by atoms with Crippen molar-refractivity contribution in [1.29, 1.82) is 0 Å². The van der Waals surface area contributed by atoms with Crippen molar-refractivity contribution in [3.05, 3.63) is 24.3 Å². The molecule has 0 spiro atoms. The molecule has 0 saturated carbocycles. The van der Waals surface area contributed by atoms with Crippen molar-refractivity contribution in [2.45, 2.75) is 58.1 Å². The molecule has 1 N–H and O–H groups in total. The van der Waals surface area contributed by atoms with Gasteiger partial charge in [-0.05, 0) is 31.9 Å². The molecule has 4 amide bonds. The number of likely N-dealkylation sites (N-methyl/N-ethyl adjacent to an activating group) is 1. The second-order valence-corrected chi connectivity index (χ2v) is 7.83. The Kier molecular flexibility index (Phi) is 6.84. The summed E-state index contributed by atoms with van der Waals surface area (Å²) < 4.78 is 11.7.